The van der Waals surface area contributed by atoms with E-state index in [-0.39, 0.29) is 17.0 Å². The molecule has 11 nitrogen and oxygen atoms in total. The summed E-state index contributed by atoms with van der Waals surface area (Å²) in [6, 6.07) is 17.8. The van der Waals surface area contributed by atoms with Crippen molar-refractivity contribution in [2.24, 2.45) is 5.73 Å². The van der Waals surface area contributed by atoms with Crippen LogP contribution >= 0.6 is 0 Å². The number of carbonyl (C=O) groups is 5. The summed E-state index contributed by atoms with van der Waals surface area (Å²) in [7, 11) is 1.80. The van der Waals surface area contributed by atoms with Crippen molar-refractivity contribution in [2.45, 2.75) is 37.5 Å². The number of carboxylic acids is 2. The van der Waals surface area contributed by atoms with E-state index >= 15 is 0 Å². The number of likely N-dealkylation sites (N-methyl/N-ethyl adjacent to an activating group) is 1. The first-order valence-electron chi connectivity index (χ1n) is 12.9. The van der Waals surface area contributed by atoms with Gasteiger partial charge in [0, 0.05) is 24.7 Å². The van der Waals surface area contributed by atoms with Gasteiger partial charge in [-0.3, -0.25) is 14.4 Å². The minimum absolute atomic E-state index is 0.00921. The first kappa shape index (κ1) is 31.8. The summed E-state index contributed by atoms with van der Waals surface area (Å²) >= 11 is 0. The number of nitrogens with zero attached hydrogens (tertiary/aromatic N) is 1. The molecule has 1 amide bonds. The number of Topliss-reactive ketones (excluding diaryl/α,β-unsaturated/α-hetero) is 2. The van der Waals surface area contributed by atoms with Crippen molar-refractivity contribution in [1.29, 1.82) is 0 Å². The molecule has 1 aliphatic rings. The minimum atomic E-state index is -3.96. The second-order valence-electron chi connectivity index (χ2n) is 10.1. The number of ketones is 2. The Morgan fingerprint density at radius 2 is 1.17 bits per heavy atom. The molecule has 0 spiro atoms. The summed E-state index contributed by atoms with van der Waals surface area (Å²) < 4.78 is 0. The second kappa shape index (κ2) is 12.4. The number of rotatable bonds is 7. The number of benzene rings is 3. The maximum atomic E-state index is 12.8. The van der Waals surface area contributed by atoms with Crippen LogP contribution in [0.1, 0.15) is 49.0 Å². The van der Waals surface area contributed by atoms with Crippen molar-refractivity contribution in [3.05, 3.63) is 106 Å². The fourth-order valence-electron chi connectivity index (χ4n) is 4.49. The Kier molecular flexibility index (Phi) is 9.42. The number of nitrogens with two attached hydrogens (primary N) is 1. The molecule has 4 rings (SSSR count). The Morgan fingerprint density at radius 3 is 1.57 bits per heavy atom. The largest absolute Gasteiger partial charge is 0.479 e. The second-order valence-corrected chi connectivity index (χ2v) is 10.1. The van der Waals surface area contributed by atoms with Gasteiger partial charge < -0.3 is 31.1 Å². The van der Waals surface area contributed by atoms with Crippen molar-refractivity contribution < 1.29 is 44.4 Å². The van der Waals surface area contributed by atoms with Gasteiger partial charge in [0.25, 0.3) is 11.2 Å². The van der Waals surface area contributed by atoms with Gasteiger partial charge in [-0.2, -0.15) is 0 Å². The maximum Gasteiger partial charge on any atom is 0.348 e. The van der Waals surface area contributed by atoms with Gasteiger partial charge in [-0.15, -0.1) is 0 Å². The quantitative estimate of drug-likeness (QED) is 0.204. The molecule has 3 aromatic carbocycles. The van der Waals surface area contributed by atoms with Crippen LogP contribution in [0.15, 0.2) is 72.8 Å². The van der Waals surface area contributed by atoms with Crippen LogP contribution in [0, 0.1) is 13.8 Å². The van der Waals surface area contributed by atoms with Gasteiger partial charge >= 0.3 is 11.9 Å². The minimum Gasteiger partial charge on any atom is -0.479 e. The number of carbonyl (C=O) groups excluding carboxylic acids is 3. The number of hydrogen-bond acceptors (Lipinski definition) is 8. The lowest BCUT2D eigenvalue weighted by atomic mass is 9.73. The van der Waals surface area contributed by atoms with E-state index in [0.717, 1.165) is 42.8 Å². The van der Waals surface area contributed by atoms with E-state index in [4.69, 9.17) is 5.73 Å². The van der Waals surface area contributed by atoms with Crippen LogP contribution in [-0.4, -0.2) is 79.5 Å². The summed E-state index contributed by atoms with van der Waals surface area (Å²) in [5.74, 6) is -8.00. The Morgan fingerprint density at radius 1 is 0.762 bits per heavy atom. The van der Waals surface area contributed by atoms with Crippen molar-refractivity contribution in [3.63, 3.8) is 0 Å². The van der Waals surface area contributed by atoms with Crippen LogP contribution in [0.5, 0.6) is 0 Å². The van der Waals surface area contributed by atoms with E-state index < -0.39 is 40.7 Å². The molecule has 0 saturated carbocycles. The molecule has 0 bridgehead atoms. The van der Waals surface area contributed by atoms with Gasteiger partial charge in [-0.1, -0.05) is 83.9 Å². The number of aliphatic carboxylic acids is 2. The van der Waals surface area contributed by atoms with E-state index in [2.05, 4.69) is 0 Å². The highest BCUT2D eigenvalue weighted by Gasteiger charge is 2.69. The lowest BCUT2D eigenvalue weighted by Crippen LogP contribution is -2.71. The Balaban J connectivity index is 0.000000287. The van der Waals surface area contributed by atoms with Gasteiger partial charge in [0.05, 0.1) is 0 Å². The fourth-order valence-corrected chi connectivity index (χ4v) is 4.49. The number of aryl methyl sites for hydroxylation is 2. The van der Waals surface area contributed by atoms with Crippen LogP contribution in [0.2, 0.25) is 0 Å². The summed E-state index contributed by atoms with van der Waals surface area (Å²) in [6.45, 7) is 4.13. The van der Waals surface area contributed by atoms with Crippen LogP contribution < -0.4 is 5.73 Å². The number of amides is 1. The zero-order chi connectivity index (χ0) is 31.4. The molecule has 0 aromatic heterocycles. The molecule has 11 heteroatoms. The lowest BCUT2D eigenvalue weighted by molar-refractivity contribution is -0.187. The number of aliphatic hydroxyl groups is 2. The zero-order valence-electron chi connectivity index (χ0n) is 23.3. The fraction of sp³-hybridized carbons (Fsp3) is 0.258. The van der Waals surface area contributed by atoms with Crippen LogP contribution in [-0.2, 0) is 20.8 Å². The van der Waals surface area contributed by atoms with E-state index in [1.54, 1.807) is 25.8 Å². The van der Waals surface area contributed by atoms with Gasteiger partial charge in [-0.25, -0.2) is 9.59 Å². The predicted octanol–water partition coefficient (Wildman–Crippen LogP) is 1.70. The lowest BCUT2D eigenvalue weighted by Gasteiger charge is -2.34. The highest BCUT2D eigenvalue weighted by molar-refractivity contribution is 6.28. The molecule has 3 aromatic rings. The molecular formula is C31H32N2O9. The van der Waals surface area contributed by atoms with Crippen LogP contribution in [0.3, 0.4) is 0 Å². The van der Waals surface area contributed by atoms with Gasteiger partial charge in [-0.05, 0) is 31.4 Å². The summed E-state index contributed by atoms with van der Waals surface area (Å²) in [4.78, 5) is 62.5. The zero-order valence-corrected chi connectivity index (χ0v) is 23.3. The molecule has 1 aliphatic heterocycles. The van der Waals surface area contributed by atoms with Crippen molar-refractivity contribution in [1.82, 2.24) is 4.90 Å². The molecule has 0 saturated heterocycles. The molecular weight excluding hydrogens is 544 g/mol. The number of carboxylic acid groups (broad SMARTS) is 2. The normalized spacial score (nSPS) is 17.3. The molecule has 6 N–H and O–H groups in total. The third-order valence-electron chi connectivity index (χ3n) is 7.18. The number of fused-ring (bicyclic) bond motifs is 1. The Labute approximate surface area is 241 Å². The third-order valence-corrected chi connectivity index (χ3v) is 7.18. The van der Waals surface area contributed by atoms with E-state index in [1.807, 2.05) is 24.3 Å². The molecule has 3 atom stereocenters. The highest BCUT2D eigenvalue weighted by atomic mass is 16.5. The third kappa shape index (κ3) is 5.84. The van der Waals surface area contributed by atoms with Crippen molar-refractivity contribution in [2.75, 3.05) is 13.6 Å². The molecule has 220 valence electrons. The van der Waals surface area contributed by atoms with Crippen molar-refractivity contribution in [3.8, 4) is 0 Å². The molecule has 0 radical (unpaired) electrons. The SMILES string of the molecule is CN1CCc2ccccc2[C@H](N)C1=O.Cc1ccc(C(=O)[C@](O)(C(=O)O)[C@@](O)(C(=O)O)C(=O)c2ccc(C)cc2)cc1. The summed E-state index contributed by atoms with van der Waals surface area (Å²) in [6.07, 6.45) is 0.895. The van der Waals surface area contributed by atoms with Gasteiger partial charge in [0.1, 0.15) is 6.04 Å². The maximum absolute atomic E-state index is 12.8. The van der Waals surface area contributed by atoms with Crippen LogP contribution in [0.4, 0.5) is 0 Å². The topological polar surface area (TPSA) is 196 Å². The highest BCUT2D eigenvalue weighted by Crippen LogP contribution is 2.32. The first-order chi connectivity index (χ1) is 19.7. The van der Waals surface area contributed by atoms with E-state index in [9.17, 15) is 44.4 Å². The standard InChI is InChI=1S/C20H18O8.C11H14N2O/c1-11-3-7-13(8-4-11)15(21)19(27,17(23)24)20(28,18(25)26)16(22)14-9-5-12(2)6-10-14;1-13-7-6-8-4-2-3-5-9(8)10(12)11(13)14/h3-10,27-28H,1-2H3,(H,23,24)(H,25,26);2-5,10H,6-7,12H2,1H3/t19-,20-;10-/m00/s1. The van der Waals surface area contributed by atoms with Crippen molar-refractivity contribution >= 4 is 29.4 Å². The monoisotopic (exact) mass is 576 g/mol. The smallest absolute Gasteiger partial charge is 0.348 e. The van der Waals surface area contributed by atoms with Gasteiger partial charge in [0.2, 0.25) is 17.5 Å². The molecule has 0 aliphatic carbocycles. The molecule has 42 heavy (non-hydrogen) atoms. The van der Waals surface area contributed by atoms with E-state index in [0.29, 0.717) is 11.1 Å². The first-order valence-corrected chi connectivity index (χ1v) is 12.9. The average Bonchev–Trinajstić information content (AvgIpc) is 3.08. The molecule has 0 unspecified atom stereocenters. The summed E-state index contributed by atoms with van der Waals surface area (Å²) in [5, 5.41) is 40.3. The average molecular weight is 577 g/mol. The van der Waals surface area contributed by atoms with Gasteiger partial charge in [0.15, 0.2) is 0 Å². The Bertz CT molecular complexity index is 1440. The predicted molar refractivity (Wildman–Crippen MR) is 151 cm³/mol. The molecule has 0 fully saturated rings. The van der Waals surface area contributed by atoms with E-state index in [1.165, 1.54) is 29.8 Å². The summed E-state index contributed by atoms with van der Waals surface area (Å²) in [5.41, 5.74) is 0.782. The molecule has 1 heterocycles. The Hall–Kier alpha value is -4.71. The number of hydrogen-bond donors (Lipinski definition) is 5. The van der Waals surface area contributed by atoms with Crippen LogP contribution in [0.25, 0.3) is 0 Å².